The number of amides is 1. The van der Waals surface area contributed by atoms with E-state index in [4.69, 9.17) is 0 Å². The molecule has 1 N–H and O–H groups in total. The van der Waals surface area contributed by atoms with Crippen LogP contribution in [-0.2, 0) is 11.2 Å². The lowest BCUT2D eigenvalue weighted by atomic mass is 10.3. The van der Waals surface area contributed by atoms with Crippen molar-refractivity contribution in [2.24, 2.45) is 0 Å². The summed E-state index contributed by atoms with van der Waals surface area (Å²) in [5.74, 6) is 0.102. The number of thioether (sulfide) groups is 1. The normalized spacial score (nSPS) is 12.1. The second-order valence-corrected chi connectivity index (χ2v) is 6.64. The van der Waals surface area contributed by atoms with Gasteiger partial charge in [-0.2, -0.15) is 0 Å². The minimum Gasteiger partial charge on any atom is -0.355 e. The minimum absolute atomic E-state index is 0.0641. The van der Waals surface area contributed by atoms with Gasteiger partial charge in [0.2, 0.25) is 5.91 Å². The van der Waals surface area contributed by atoms with E-state index < -0.39 is 0 Å². The number of thiophene rings is 1. The van der Waals surface area contributed by atoms with Crippen LogP contribution in [-0.4, -0.2) is 17.7 Å². The quantitative estimate of drug-likeness (QED) is 0.824. The van der Waals surface area contributed by atoms with Gasteiger partial charge in [-0.3, -0.25) is 4.79 Å². The molecule has 0 aliphatic carbocycles. The summed E-state index contributed by atoms with van der Waals surface area (Å²) in [7, 11) is 0. The first-order valence-electron chi connectivity index (χ1n) is 6.27. The Morgan fingerprint density at radius 2 is 2.05 bits per heavy atom. The second-order valence-electron chi connectivity index (χ2n) is 4.19. The Hall–Kier alpha value is -1.26. The lowest BCUT2D eigenvalue weighted by molar-refractivity contribution is -0.120. The van der Waals surface area contributed by atoms with Gasteiger partial charge in [0.15, 0.2) is 0 Å². The largest absolute Gasteiger partial charge is 0.355 e. The molecule has 1 atom stereocenters. The van der Waals surface area contributed by atoms with Crippen molar-refractivity contribution >= 4 is 29.0 Å². The molecule has 1 aromatic carbocycles. The molecular weight excluding hydrogens is 274 g/mol. The molecule has 2 aromatic rings. The van der Waals surface area contributed by atoms with Crippen molar-refractivity contribution in [2.75, 3.05) is 6.54 Å². The van der Waals surface area contributed by atoms with Crippen molar-refractivity contribution in [3.63, 3.8) is 0 Å². The molecule has 1 unspecified atom stereocenters. The summed E-state index contributed by atoms with van der Waals surface area (Å²) in [6, 6.07) is 14.2. The van der Waals surface area contributed by atoms with Gasteiger partial charge in [-0.05, 0) is 36.9 Å². The van der Waals surface area contributed by atoms with Gasteiger partial charge in [0.1, 0.15) is 0 Å². The number of hydrogen-bond acceptors (Lipinski definition) is 3. The molecule has 0 fully saturated rings. The molecule has 0 spiro atoms. The van der Waals surface area contributed by atoms with Gasteiger partial charge in [-0.15, -0.1) is 23.1 Å². The average Bonchev–Trinajstić information content (AvgIpc) is 2.93. The van der Waals surface area contributed by atoms with Crippen LogP contribution in [0.15, 0.2) is 52.7 Å². The Morgan fingerprint density at radius 3 is 2.74 bits per heavy atom. The van der Waals surface area contributed by atoms with Gasteiger partial charge in [-0.25, -0.2) is 0 Å². The van der Waals surface area contributed by atoms with E-state index in [-0.39, 0.29) is 11.2 Å². The third kappa shape index (κ3) is 4.73. The van der Waals surface area contributed by atoms with E-state index in [1.807, 2.05) is 43.3 Å². The summed E-state index contributed by atoms with van der Waals surface area (Å²) in [4.78, 5) is 14.4. The van der Waals surface area contributed by atoms with Crippen LogP contribution in [0.1, 0.15) is 11.8 Å². The van der Waals surface area contributed by atoms with Crippen molar-refractivity contribution in [2.45, 2.75) is 23.5 Å². The molecular formula is C15H17NOS2. The van der Waals surface area contributed by atoms with Crippen LogP contribution in [0.5, 0.6) is 0 Å². The molecule has 0 radical (unpaired) electrons. The summed E-state index contributed by atoms with van der Waals surface area (Å²) < 4.78 is 0. The molecule has 0 aliphatic heterocycles. The average molecular weight is 291 g/mol. The Bertz CT molecular complexity index is 496. The van der Waals surface area contributed by atoms with Crippen LogP contribution in [0.3, 0.4) is 0 Å². The van der Waals surface area contributed by atoms with Crippen LogP contribution < -0.4 is 5.32 Å². The molecule has 0 saturated carbocycles. The maximum atomic E-state index is 11.9. The Balaban J connectivity index is 1.73. The van der Waals surface area contributed by atoms with Crippen LogP contribution in [0, 0.1) is 0 Å². The summed E-state index contributed by atoms with van der Waals surface area (Å²) in [6.07, 6.45) is 0.909. The van der Waals surface area contributed by atoms with Crippen LogP contribution in [0.4, 0.5) is 0 Å². The Morgan fingerprint density at radius 1 is 1.26 bits per heavy atom. The molecule has 1 aromatic heterocycles. The van der Waals surface area contributed by atoms with E-state index in [0.29, 0.717) is 6.54 Å². The van der Waals surface area contributed by atoms with Crippen LogP contribution >= 0.6 is 23.1 Å². The van der Waals surface area contributed by atoms with Crippen molar-refractivity contribution in [1.29, 1.82) is 0 Å². The maximum absolute atomic E-state index is 11.9. The van der Waals surface area contributed by atoms with Gasteiger partial charge >= 0.3 is 0 Å². The standard InChI is InChI=1S/C15H17NOS2/c1-12(19-14-6-3-2-4-7-14)15(17)16-10-9-13-8-5-11-18-13/h2-8,11-12H,9-10H2,1H3,(H,16,17). The first-order chi connectivity index (χ1) is 9.25. The van der Waals surface area contributed by atoms with Crippen molar-refractivity contribution in [3.05, 3.63) is 52.7 Å². The highest BCUT2D eigenvalue weighted by Crippen LogP contribution is 2.22. The van der Waals surface area contributed by atoms with E-state index in [0.717, 1.165) is 11.3 Å². The third-order valence-corrected chi connectivity index (χ3v) is 4.72. The molecule has 0 aliphatic rings. The predicted octanol–water partition coefficient (Wildman–Crippen LogP) is 3.59. The van der Waals surface area contributed by atoms with E-state index in [1.165, 1.54) is 4.88 Å². The maximum Gasteiger partial charge on any atom is 0.233 e. The number of nitrogens with one attached hydrogen (secondary N) is 1. The third-order valence-electron chi connectivity index (χ3n) is 2.68. The highest BCUT2D eigenvalue weighted by molar-refractivity contribution is 8.00. The molecule has 0 saturated heterocycles. The summed E-state index contributed by atoms with van der Waals surface area (Å²) in [5, 5.41) is 4.98. The topological polar surface area (TPSA) is 29.1 Å². The molecule has 1 heterocycles. The van der Waals surface area contributed by atoms with E-state index in [9.17, 15) is 4.79 Å². The molecule has 19 heavy (non-hydrogen) atoms. The molecule has 100 valence electrons. The highest BCUT2D eigenvalue weighted by atomic mass is 32.2. The number of benzene rings is 1. The van der Waals surface area contributed by atoms with Crippen molar-refractivity contribution in [3.8, 4) is 0 Å². The zero-order chi connectivity index (χ0) is 13.5. The van der Waals surface area contributed by atoms with E-state index in [2.05, 4.69) is 16.8 Å². The lowest BCUT2D eigenvalue weighted by Gasteiger charge is -2.11. The molecule has 0 bridgehead atoms. The molecule has 4 heteroatoms. The highest BCUT2D eigenvalue weighted by Gasteiger charge is 2.13. The van der Waals surface area contributed by atoms with Gasteiger partial charge in [0.25, 0.3) is 0 Å². The minimum atomic E-state index is -0.0641. The van der Waals surface area contributed by atoms with E-state index >= 15 is 0 Å². The lowest BCUT2D eigenvalue weighted by Crippen LogP contribution is -2.32. The zero-order valence-corrected chi connectivity index (χ0v) is 12.5. The molecule has 2 rings (SSSR count). The van der Waals surface area contributed by atoms with Gasteiger partial charge in [0, 0.05) is 16.3 Å². The monoisotopic (exact) mass is 291 g/mol. The smallest absolute Gasteiger partial charge is 0.233 e. The Labute approximate surface area is 122 Å². The van der Waals surface area contributed by atoms with Crippen LogP contribution in [0.2, 0.25) is 0 Å². The summed E-state index contributed by atoms with van der Waals surface area (Å²) in [5.41, 5.74) is 0. The van der Waals surface area contributed by atoms with Crippen molar-refractivity contribution in [1.82, 2.24) is 5.32 Å². The Kier molecular flexibility index (Phi) is 5.48. The first-order valence-corrected chi connectivity index (χ1v) is 8.03. The summed E-state index contributed by atoms with van der Waals surface area (Å²) >= 11 is 3.32. The van der Waals surface area contributed by atoms with E-state index in [1.54, 1.807) is 23.1 Å². The number of carbonyl (C=O) groups is 1. The fraction of sp³-hybridized carbons (Fsp3) is 0.267. The fourth-order valence-electron chi connectivity index (χ4n) is 1.66. The molecule has 1 amide bonds. The first kappa shape index (κ1) is 14.2. The second kappa shape index (κ2) is 7.36. The van der Waals surface area contributed by atoms with Crippen molar-refractivity contribution < 1.29 is 4.79 Å². The van der Waals surface area contributed by atoms with Gasteiger partial charge in [-0.1, -0.05) is 24.3 Å². The number of hydrogen-bond donors (Lipinski definition) is 1. The summed E-state index contributed by atoms with van der Waals surface area (Å²) in [6.45, 7) is 2.65. The van der Waals surface area contributed by atoms with Gasteiger partial charge in [0.05, 0.1) is 5.25 Å². The van der Waals surface area contributed by atoms with Crippen LogP contribution in [0.25, 0.3) is 0 Å². The fourth-order valence-corrected chi connectivity index (χ4v) is 3.29. The molecule has 2 nitrogen and oxygen atoms in total. The predicted molar refractivity (Wildman–Crippen MR) is 82.8 cm³/mol. The SMILES string of the molecule is CC(Sc1ccccc1)C(=O)NCCc1cccs1. The number of rotatable bonds is 6. The zero-order valence-electron chi connectivity index (χ0n) is 10.8. The van der Waals surface area contributed by atoms with Gasteiger partial charge < -0.3 is 5.32 Å². The number of carbonyl (C=O) groups excluding carboxylic acids is 1.